The number of nitrogens with two attached hydrogens (primary N) is 1. The standard InChI is InChI=1S/C13H17BrN4/c1-3-18-12(16-9-17-18)8-13(2,15)10-6-4-5-7-11(10)14/h4-7,9H,3,8,15H2,1-2H3. The van der Waals surface area contributed by atoms with E-state index in [1.54, 1.807) is 6.33 Å². The van der Waals surface area contributed by atoms with Crippen molar-refractivity contribution in [2.45, 2.75) is 32.4 Å². The van der Waals surface area contributed by atoms with Gasteiger partial charge in [0.05, 0.1) is 0 Å². The van der Waals surface area contributed by atoms with Crippen LogP contribution in [0.5, 0.6) is 0 Å². The van der Waals surface area contributed by atoms with E-state index in [0.717, 1.165) is 22.4 Å². The lowest BCUT2D eigenvalue weighted by Gasteiger charge is -2.26. The average Bonchev–Trinajstić information content (AvgIpc) is 2.76. The first-order valence-corrected chi connectivity index (χ1v) is 6.74. The number of rotatable bonds is 4. The first kappa shape index (κ1) is 13.2. The van der Waals surface area contributed by atoms with Crippen LogP contribution in [0.4, 0.5) is 0 Å². The molecule has 0 amide bonds. The molecule has 0 saturated heterocycles. The van der Waals surface area contributed by atoms with Gasteiger partial charge in [0, 0.05) is 23.0 Å². The molecule has 0 bridgehead atoms. The SMILES string of the molecule is CCn1ncnc1CC(C)(N)c1ccccc1Br. The predicted molar refractivity (Wildman–Crippen MR) is 75.1 cm³/mol. The van der Waals surface area contributed by atoms with E-state index in [0.29, 0.717) is 6.42 Å². The molecule has 0 saturated carbocycles. The molecule has 18 heavy (non-hydrogen) atoms. The van der Waals surface area contributed by atoms with Crippen LogP contribution < -0.4 is 5.73 Å². The molecule has 2 aromatic rings. The average molecular weight is 309 g/mol. The third-order valence-corrected chi connectivity index (χ3v) is 3.70. The molecule has 5 heteroatoms. The zero-order chi connectivity index (χ0) is 13.2. The Bertz CT molecular complexity index is 533. The van der Waals surface area contributed by atoms with Crippen LogP contribution in [0.25, 0.3) is 0 Å². The van der Waals surface area contributed by atoms with Crippen molar-refractivity contribution in [1.82, 2.24) is 14.8 Å². The van der Waals surface area contributed by atoms with Gasteiger partial charge >= 0.3 is 0 Å². The van der Waals surface area contributed by atoms with Crippen molar-refractivity contribution in [2.75, 3.05) is 0 Å². The van der Waals surface area contributed by atoms with Gasteiger partial charge in [-0.3, -0.25) is 4.68 Å². The highest BCUT2D eigenvalue weighted by atomic mass is 79.9. The Morgan fingerprint density at radius 1 is 1.39 bits per heavy atom. The maximum Gasteiger partial charge on any atom is 0.138 e. The second-order valence-electron chi connectivity index (χ2n) is 4.57. The summed E-state index contributed by atoms with van der Waals surface area (Å²) in [4.78, 5) is 4.28. The maximum atomic E-state index is 6.44. The summed E-state index contributed by atoms with van der Waals surface area (Å²) in [7, 11) is 0. The summed E-state index contributed by atoms with van der Waals surface area (Å²) in [6.45, 7) is 4.87. The minimum absolute atomic E-state index is 0.472. The molecule has 2 rings (SSSR count). The number of hydrogen-bond donors (Lipinski definition) is 1. The van der Waals surface area contributed by atoms with Gasteiger partial charge in [0.15, 0.2) is 0 Å². The molecule has 0 radical (unpaired) electrons. The van der Waals surface area contributed by atoms with Crippen LogP contribution in [-0.2, 0) is 18.5 Å². The van der Waals surface area contributed by atoms with E-state index in [4.69, 9.17) is 5.73 Å². The first-order chi connectivity index (χ1) is 8.54. The monoisotopic (exact) mass is 308 g/mol. The molecule has 0 spiro atoms. The van der Waals surface area contributed by atoms with Crippen molar-refractivity contribution >= 4 is 15.9 Å². The highest BCUT2D eigenvalue weighted by Crippen LogP contribution is 2.28. The lowest BCUT2D eigenvalue weighted by molar-refractivity contribution is 0.455. The number of aromatic nitrogens is 3. The third-order valence-electron chi connectivity index (χ3n) is 3.01. The molecular weight excluding hydrogens is 292 g/mol. The van der Waals surface area contributed by atoms with E-state index in [2.05, 4.69) is 26.0 Å². The van der Waals surface area contributed by atoms with Gasteiger partial charge in [-0.25, -0.2) is 4.98 Å². The van der Waals surface area contributed by atoms with Crippen LogP contribution in [0.2, 0.25) is 0 Å². The van der Waals surface area contributed by atoms with Gasteiger partial charge < -0.3 is 5.73 Å². The Balaban J connectivity index is 2.30. The van der Waals surface area contributed by atoms with Crippen molar-refractivity contribution in [3.63, 3.8) is 0 Å². The minimum atomic E-state index is -0.472. The maximum absolute atomic E-state index is 6.44. The Hall–Kier alpha value is -1.20. The van der Waals surface area contributed by atoms with E-state index < -0.39 is 5.54 Å². The van der Waals surface area contributed by atoms with Crippen molar-refractivity contribution in [2.24, 2.45) is 5.73 Å². The predicted octanol–water partition coefficient (Wildman–Crippen LogP) is 2.48. The number of benzene rings is 1. The largest absolute Gasteiger partial charge is 0.321 e. The van der Waals surface area contributed by atoms with E-state index in [9.17, 15) is 0 Å². The Morgan fingerprint density at radius 3 is 2.78 bits per heavy atom. The minimum Gasteiger partial charge on any atom is -0.321 e. The smallest absolute Gasteiger partial charge is 0.138 e. The normalized spacial score (nSPS) is 14.4. The van der Waals surface area contributed by atoms with Crippen LogP contribution >= 0.6 is 15.9 Å². The summed E-state index contributed by atoms with van der Waals surface area (Å²) in [5.74, 6) is 0.915. The van der Waals surface area contributed by atoms with E-state index in [1.807, 2.05) is 42.8 Å². The van der Waals surface area contributed by atoms with Crippen LogP contribution in [0, 0.1) is 0 Å². The quantitative estimate of drug-likeness (QED) is 0.944. The second-order valence-corrected chi connectivity index (χ2v) is 5.42. The van der Waals surface area contributed by atoms with Crippen molar-refractivity contribution in [1.29, 1.82) is 0 Å². The van der Waals surface area contributed by atoms with Gasteiger partial charge in [-0.1, -0.05) is 34.1 Å². The summed E-state index contributed by atoms with van der Waals surface area (Å²) < 4.78 is 2.90. The number of halogens is 1. The molecule has 1 aromatic carbocycles. The molecular formula is C13H17BrN4. The summed E-state index contributed by atoms with van der Waals surface area (Å²) in [6, 6.07) is 8.02. The fourth-order valence-corrected chi connectivity index (χ4v) is 2.77. The van der Waals surface area contributed by atoms with Crippen LogP contribution in [0.3, 0.4) is 0 Å². The van der Waals surface area contributed by atoms with Gasteiger partial charge in [-0.15, -0.1) is 0 Å². The summed E-state index contributed by atoms with van der Waals surface area (Å²) in [5.41, 5.74) is 7.05. The number of hydrogen-bond acceptors (Lipinski definition) is 3. The lowest BCUT2D eigenvalue weighted by Crippen LogP contribution is -2.37. The highest BCUT2D eigenvalue weighted by Gasteiger charge is 2.26. The Kier molecular flexibility index (Phi) is 3.82. The second kappa shape index (κ2) is 5.20. The van der Waals surface area contributed by atoms with Crippen molar-refractivity contribution < 1.29 is 0 Å². The third kappa shape index (κ3) is 2.62. The number of aryl methyl sites for hydroxylation is 1. The van der Waals surface area contributed by atoms with E-state index in [-0.39, 0.29) is 0 Å². The van der Waals surface area contributed by atoms with Gasteiger partial charge in [0.25, 0.3) is 0 Å². The molecule has 0 fully saturated rings. The molecule has 1 unspecified atom stereocenters. The summed E-state index contributed by atoms with van der Waals surface area (Å²) in [6.07, 6.45) is 2.23. The van der Waals surface area contributed by atoms with E-state index in [1.165, 1.54) is 0 Å². The Labute approximate surface area is 115 Å². The van der Waals surface area contributed by atoms with Crippen molar-refractivity contribution in [3.05, 3.63) is 46.5 Å². The highest BCUT2D eigenvalue weighted by molar-refractivity contribution is 9.10. The fourth-order valence-electron chi connectivity index (χ4n) is 2.04. The molecule has 0 aliphatic rings. The summed E-state index contributed by atoms with van der Waals surface area (Å²) >= 11 is 3.55. The van der Waals surface area contributed by atoms with Gasteiger partial charge in [-0.05, 0) is 25.5 Å². The first-order valence-electron chi connectivity index (χ1n) is 5.95. The van der Waals surface area contributed by atoms with Crippen molar-refractivity contribution in [3.8, 4) is 0 Å². The van der Waals surface area contributed by atoms with Crippen LogP contribution in [0.1, 0.15) is 25.2 Å². The van der Waals surface area contributed by atoms with Gasteiger partial charge in [0.2, 0.25) is 0 Å². The molecule has 1 atom stereocenters. The molecule has 96 valence electrons. The van der Waals surface area contributed by atoms with Gasteiger partial charge in [0.1, 0.15) is 12.2 Å². The molecule has 2 N–H and O–H groups in total. The molecule has 0 aliphatic heterocycles. The molecule has 4 nitrogen and oxygen atoms in total. The molecule has 1 heterocycles. The molecule has 0 aliphatic carbocycles. The topological polar surface area (TPSA) is 56.7 Å². The number of nitrogens with zero attached hydrogens (tertiary/aromatic N) is 3. The van der Waals surface area contributed by atoms with Gasteiger partial charge in [-0.2, -0.15) is 5.10 Å². The zero-order valence-electron chi connectivity index (χ0n) is 10.6. The zero-order valence-corrected chi connectivity index (χ0v) is 12.2. The van der Waals surface area contributed by atoms with Crippen LogP contribution in [0.15, 0.2) is 35.1 Å². The molecule has 1 aromatic heterocycles. The summed E-state index contributed by atoms with van der Waals surface area (Å²) in [5, 5.41) is 4.17. The fraction of sp³-hybridized carbons (Fsp3) is 0.385. The van der Waals surface area contributed by atoms with E-state index >= 15 is 0 Å². The van der Waals surface area contributed by atoms with Crippen LogP contribution in [-0.4, -0.2) is 14.8 Å². The lowest BCUT2D eigenvalue weighted by atomic mass is 9.89. The Morgan fingerprint density at radius 2 is 2.11 bits per heavy atom.